The fraction of sp³-hybridized carbons (Fsp3) is 0.118. The van der Waals surface area contributed by atoms with Crippen LogP contribution >= 0.6 is 11.3 Å². The fourth-order valence-electron chi connectivity index (χ4n) is 2.09. The number of rotatable bonds is 3. The Morgan fingerprint density at radius 1 is 1.17 bits per heavy atom. The molecule has 23 heavy (non-hydrogen) atoms. The number of hydrogen-bond donors (Lipinski definition) is 0. The molecule has 3 rings (SSSR count). The molecule has 2 aromatic heterocycles. The molecule has 0 fully saturated rings. The van der Waals surface area contributed by atoms with Crippen molar-refractivity contribution in [3.05, 3.63) is 64.9 Å². The van der Waals surface area contributed by atoms with E-state index in [4.69, 9.17) is 0 Å². The second kappa shape index (κ2) is 6.26. The van der Waals surface area contributed by atoms with Crippen LogP contribution in [0.1, 0.15) is 15.9 Å². The number of carbonyl (C=O) groups is 1. The minimum Gasteiger partial charge on any atom is -0.287 e. The van der Waals surface area contributed by atoms with Crippen molar-refractivity contribution >= 4 is 22.4 Å². The van der Waals surface area contributed by atoms with Gasteiger partial charge in [-0.15, -0.1) is 11.3 Å². The highest BCUT2D eigenvalue weighted by atomic mass is 32.1. The predicted molar refractivity (Wildman–Crippen MR) is 89.2 cm³/mol. The molecule has 0 atom stereocenters. The Bertz CT molecular complexity index is 845. The Kier molecular flexibility index (Phi) is 4.16. The van der Waals surface area contributed by atoms with Gasteiger partial charge in [0, 0.05) is 24.2 Å². The Balaban J connectivity index is 1.84. The lowest BCUT2D eigenvalue weighted by molar-refractivity contribution is 0.0993. The third-order valence-electron chi connectivity index (χ3n) is 3.35. The van der Waals surface area contributed by atoms with E-state index in [1.165, 1.54) is 40.5 Å². The van der Waals surface area contributed by atoms with Crippen molar-refractivity contribution < 1.29 is 9.18 Å². The highest BCUT2D eigenvalue weighted by Gasteiger charge is 2.17. The van der Waals surface area contributed by atoms with E-state index in [2.05, 4.69) is 9.97 Å². The van der Waals surface area contributed by atoms with E-state index in [0.29, 0.717) is 10.7 Å². The number of aryl methyl sites for hydroxylation is 1. The number of anilines is 1. The Morgan fingerprint density at radius 3 is 2.61 bits per heavy atom. The number of pyridine rings is 1. The van der Waals surface area contributed by atoms with Crippen LogP contribution in [-0.4, -0.2) is 22.9 Å². The van der Waals surface area contributed by atoms with Crippen molar-refractivity contribution in [1.29, 1.82) is 0 Å². The first-order chi connectivity index (χ1) is 11.0. The maximum Gasteiger partial charge on any atom is 0.259 e. The molecule has 116 valence electrons. The van der Waals surface area contributed by atoms with Gasteiger partial charge in [0.1, 0.15) is 11.5 Å². The molecule has 0 aliphatic rings. The summed E-state index contributed by atoms with van der Waals surface area (Å²) >= 11 is 1.36. The summed E-state index contributed by atoms with van der Waals surface area (Å²) in [5.74, 6) is -0.602. The van der Waals surface area contributed by atoms with Crippen molar-refractivity contribution in [2.24, 2.45) is 0 Å². The monoisotopic (exact) mass is 327 g/mol. The average molecular weight is 327 g/mol. The van der Waals surface area contributed by atoms with Crippen LogP contribution in [0.25, 0.3) is 11.4 Å². The number of nitrogens with zero attached hydrogens (tertiary/aromatic N) is 3. The summed E-state index contributed by atoms with van der Waals surface area (Å²) in [6.07, 6.45) is 1.73. The van der Waals surface area contributed by atoms with E-state index in [9.17, 15) is 9.18 Å². The molecule has 0 aliphatic heterocycles. The van der Waals surface area contributed by atoms with Gasteiger partial charge in [-0.2, -0.15) is 0 Å². The molecule has 0 unspecified atom stereocenters. The number of amides is 1. The van der Waals surface area contributed by atoms with Crippen LogP contribution in [0.2, 0.25) is 0 Å². The van der Waals surface area contributed by atoms with Gasteiger partial charge in [-0.05, 0) is 48.9 Å². The number of thiazole rings is 1. The second-order valence-electron chi connectivity index (χ2n) is 5.10. The van der Waals surface area contributed by atoms with Crippen LogP contribution in [-0.2, 0) is 0 Å². The molecular weight excluding hydrogens is 313 g/mol. The molecule has 2 heterocycles. The van der Waals surface area contributed by atoms with Crippen molar-refractivity contribution in [1.82, 2.24) is 9.97 Å². The SMILES string of the molecule is Cc1ccnc(-c2csc(N(C)C(=O)c3ccc(F)cc3)n2)c1. The molecule has 0 N–H and O–H groups in total. The van der Waals surface area contributed by atoms with E-state index in [1.807, 2.05) is 24.4 Å². The minimum atomic E-state index is -0.369. The minimum absolute atomic E-state index is 0.233. The molecule has 6 heteroatoms. The van der Waals surface area contributed by atoms with Crippen LogP contribution in [0, 0.1) is 12.7 Å². The lowest BCUT2D eigenvalue weighted by atomic mass is 10.2. The number of benzene rings is 1. The van der Waals surface area contributed by atoms with Crippen molar-refractivity contribution in [2.75, 3.05) is 11.9 Å². The zero-order valence-electron chi connectivity index (χ0n) is 12.7. The van der Waals surface area contributed by atoms with Crippen LogP contribution < -0.4 is 4.90 Å². The van der Waals surface area contributed by atoms with Gasteiger partial charge in [0.15, 0.2) is 5.13 Å². The standard InChI is InChI=1S/C17H14FN3OS/c1-11-7-8-19-14(9-11)15-10-23-17(20-15)21(2)16(22)12-3-5-13(18)6-4-12/h3-10H,1-2H3. The first kappa shape index (κ1) is 15.3. The fourth-order valence-corrected chi connectivity index (χ4v) is 2.87. The molecular formula is C17H14FN3OS. The van der Waals surface area contributed by atoms with E-state index in [0.717, 1.165) is 17.0 Å². The number of carbonyl (C=O) groups excluding carboxylic acids is 1. The molecule has 3 aromatic rings. The largest absolute Gasteiger partial charge is 0.287 e. The van der Waals surface area contributed by atoms with Crippen molar-refractivity contribution in [3.8, 4) is 11.4 Å². The average Bonchev–Trinajstić information content (AvgIpc) is 3.04. The summed E-state index contributed by atoms with van der Waals surface area (Å²) in [6.45, 7) is 1.99. The zero-order valence-corrected chi connectivity index (χ0v) is 13.5. The number of hydrogen-bond acceptors (Lipinski definition) is 4. The Morgan fingerprint density at radius 2 is 1.91 bits per heavy atom. The molecule has 0 spiro atoms. The summed E-state index contributed by atoms with van der Waals surface area (Å²) in [6, 6.07) is 9.33. The zero-order chi connectivity index (χ0) is 16.4. The van der Waals surface area contributed by atoms with Gasteiger partial charge in [0.05, 0.1) is 5.69 Å². The van der Waals surface area contributed by atoms with E-state index in [1.54, 1.807) is 13.2 Å². The van der Waals surface area contributed by atoms with Gasteiger partial charge in [-0.3, -0.25) is 14.7 Å². The van der Waals surface area contributed by atoms with Crippen molar-refractivity contribution in [2.45, 2.75) is 6.92 Å². The van der Waals surface area contributed by atoms with Gasteiger partial charge in [0.2, 0.25) is 0 Å². The normalized spacial score (nSPS) is 10.6. The van der Waals surface area contributed by atoms with Crippen LogP contribution in [0.3, 0.4) is 0 Å². The third-order valence-corrected chi connectivity index (χ3v) is 4.27. The quantitative estimate of drug-likeness (QED) is 0.732. The highest BCUT2D eigenvalue weighted by Crippen LogP contribution is 2.27. The smallest absolute Gasteiger partial charge is 0.259 e. The summed E-state index contributed by atoms with van der Waals surface area (Å²) in [5.41, 5.74) is 3.02. The van der Waals surface area contributed by atoms with Crippen LogP contribution in [0.4, 0.5) is 9.52 Å². The van der Waals surface area contributed by atoms with Gasteiger partial charge in [-0.1, -0.05) is 0 Å². The molecule has 0 radical (unpaired) electrons. The molecule has 0 saturated carbocycles. The molecule has 4 nitrogen and oxygen atoms in total. The Hall–Kier alpha value is -2.60. The molecule has 0 saturated heterocycles. The predicted octanol–water partition coefficient (Wildman–Crippen LogP) is 3.93. The molecule has 0 bridgehead atoms. The van der Waals surface area contributed by atoms with E-state index in [-0.39, 0.29) is 11.7 Å². The summed E-state index contributed by atoms with van der Waals surface area (Å²) in [4.78, 5) is 22.6. The van der Waals surface area contributed by atoms with Gasteiger partial charge < -0.3 is 0 Å². The van der Waals surface area contributed by atoms with E-state index < -0.39 is 0 Å². The molecule has 0 aliphatic carbocycles. The van der Waals surface area contributed by atoms with Gasteiger partial charge >= 0.3 is 0 Å². The maximum absolute atomic E-state index is 13.0. The maximum atomic E-state index is 13.0. The van der Waals surface area contributed by atoms with E-state index >= 15 is 0 Å². The highest BCUT2D eigenvalue weighted by molar-refractivity contribution is 7.14. The second-order valence-corrected chi connectivity index (χ2v) is 5.94. The summed E-state index contributed by atoms with van der Waals surface area (Å²) in [7, 11) is 1.65. The molecule has 1 amide bonds. The first-order valence-corrected chi connectivity index (χ1v) is 7.85. The molecule has 1 aromatic carbocycles. The topological polar surface area (TPSA) is 46.1 Å². The summed E-state index contributed by atoms with van der Waals surface area (Å²) < 4.78 is 13.0. The third kappa shape index (κ3) is 3.27. The lowest BCUT2D eigenvalue weighted by Gasteiger charge is -2.13. The van der Waals surface area contributed by atoms with Crippen molar-refractivity contribution in [3.63, 3.8) is 0 Å². The Labute approximate surface area is 137 Å². The first-order valence-electron chi connectivity index (χ1n) is 6.97. The van der Waals surface area contributed by atoms with Gasteiger partial charge in [0.25, 0.3) is 5.91 Å². The lowest BCUT2D eigenvalue weighted by Crippen LogP contribution is -2.26. The van der Waals surface area contributed by atoms with Crippen LogP contribution in [0.15, 0.2) is 48.0 Å². The summed E-state index contributed by atoms with van der Waals surface area (Å²) in [5, 5.41) is 2.43. The number of aromatic nitrogens is 2. The van der Waals surface area contributed by atoms with Gasteiger partial charge in [-0.25, -0.2) is 9.37 Å². The number of halogens is 1. The van der Waals surface area contributed by atoms with Crippen LogP contribution in [0.5, 0.6) is 0 Å².